The lowest BCUT2D eigenvalue weighted by Gasteiger charge is -2.34. The van der Waals surface area contributed by atoms with Crippen molar-refractivity contribution in [2.45, 2.75) is 30.3 Å². The number of ether oxygens (including phenoxy) is 1. The quantitative estimate of drug-likeness (QED) is 0.647. The van der Waals surface area contributed by atoms with Gasteiger partial charge in [-0.1, -0.05) is 30.0 Å². The van der Waals surface area contributed by atoms with E-state index in [1.807, 2.05) is 0 Å². The van der Waals surface area contributed by atoms with Gasteiger partial charge in [-0.15, -0.1) is 0 Å². The van der Waals surface area contributed by atoms with Crippen LogP contribution >= 0.6 is 11.8 Å². The first-order chi connectivity index (χ1) is 12.0. The number of hydrogen-bond donors (Lipinski definition) is 1. The average Bonchev–Trinajstić information content (AvgIpc) is 2.60. The number of benzene rings is 1. The molecule has 0 aliphatic carbocycles. The Morgan fingerprint density at radius 1 is 1.20 bits per heavy atom. The molecule has 1 aliphatic rings. The molecule has 0 radical (unpaired) electrons. The van der Waals surface area contributed by atoms with Gasteiger partial charge >= 0.3 is 6.18 Å². The molecule has 2 aromatic rings. The van der Waals surface area contributed by atoms with Crippen molar-refractivity contribution in [1.29, 1.82) is 0 Å². The molecule has 0 bridgehead atoms. The molecular weight excluding hydrogens is 353 g/mol. The third-order valence-electron chi connectivity index (χ3n) is 3.97. The van der Waals surface area contributed by atoms with E-state index in [1.165, 1.54) is 11.8 Å². The van der Waals surface area contributed by atoms with Crippen LogP contribution in [-0.4, -0.2) is 39.7 Å². The van der Waals surface area contributed by atoms with E-state index in [-0.39, 0.29) is 12.4 Å². The molecule has 25 heavy (non-hydrogen) atoms. The second-order valence-electron chi connectivity index (χ2n) is 5.81. The maximum absolute atomic E-state index is 13.4. The van der Waals surface area contributed by atoms with E-state index < -0.39 is 18.2 Å². The molecule has 0 spiro atoms. The summed E-state index contributed by atoms with van der Waals surface area (Å²) in [5.41, 5.74) is 1.57. The van der Waals surface area contributed by atoms with Crippen molar-refractivity contribution in [3.63, 3.8) is 0 Å². The smallest absolute Gasteiger partial charge is 0.425 e. The van der Waals surface area contributed by atoms with E-state index in [9.17, 15) is 13.2 Å². The molecule has 1 N–H and O–H groups in total. The lowest BCUT2D eigenvalue weighted by Crippen LogP contribution is -2.45. The molecule has 2 atom stereocenters. The summed E-state index contributed by atoms with van der Waals surface area (Å²) in [4.78, 5) is 8.26. The molecule has 3 rings (SSSR count). The Kier molecular flexibility index (Phi) is 5.48. The van der Waals surface area contributed by atoms with Crippen molar-refractivity contribution in [3.05, 3.63) is 47.8 Å². The summed E-state index contributed by atoms with van der Waals surface area (Å²) < 4.78 is 45.3. The normalized spacial score (nSPS) is 20.0. The highest BCUT2D eigenvalue weighted by atomic mass is 32.2. The number of alkyl halides is 3. The number of nitrogens with zero attached hydrogens (tertiary/aromatic N) is 2. The number of aliphatic hydroxyl groups is 1. The van der Waals surface area contributed by atoms with Crippen LogP contribution < -0.4 is 4.74 Å². The minimum atomic E-state index is -4.43. The lowest BCUT2D eigenvalue weighted by molar-refractivity contribution is -0.211. The molecule has 0 unspecified atom stereocenters. The summed E-state index contributed by atoms with van der Waals surface area (Å²) in [5.74, 6) is -0.200. The van der Waals surface area contributed by atoms with Crippen molar-refractivity contribution in [2.75, 3.05) is 12.4 Å². The number of hydrogen-bond acceptors (Lipinski definition) is 5. The SMILES string of the molecule is OCCc1cnc(SC[C@@H]2Cc3ccccc3O[C@H]2C(F)(F)F)nc1. The zero-order valence-corrected chi connectivity index (χ0v) is 14.1. The second-order valence-corrected chi connectivity index (χ2v) is 6.80. The summed E-state index contributed by atoms with van der Waals surface area (Å²) in [6.45, 7) is 0.00192. The van der Waals surface area contributed by atoms with Gasteiger partial charge in [-0.2, -0.15) is 13.2 Å². The summed E-state index contributed by atoms with van der Waals surface area (Å²) in [7, 11) is 0. The number of aliphatic hydroxyl groups excluding tert-OH is 1. The van der Waals surface area contributed by atoms with Crippen LogP contribution in [0.15, 0.2) is 41.8 Å². The zero-order valence-electron chi connectivity index (χ0n) is 13.2. The summed E-state index contributed by atoms with van der Waals surface area (Å²) in [6.07, 6.45) is -2.34. The van der Waals surface area contributed by atoms with E-state index in [0.717, 1.165) is 11.1 Å². The van der Waals surface area contributed by atoms with Crippen LogP contribution in [0.4, 0.5) is 13.2 Å². The molecule has 0 amide bonds. The largest absolute Gasteiger partial charge is 0.480 e. The topological polar surface area (TPSA) is 55.2 Å². The Morgan fingerprint density at radius 3 is 2.60 bits per heavy atom. The van der Waals surface area contributed by atoms with Gasteiger partial charge in [0.05, 0.1) is 0 Å². The Bertz CT molecular complexity index is 710. The first-order valence-electron chi connectivity index (χ1n) is 7.83. The van der Waals surface area contributed by atoms with Crippen molar-refractivity contribution in [3.8, 4) is 5.75 Å². The molecule has 8 heteroatoms. The van der Waals surface area contributed by atoms with E-state index in [0.29, 0.717) is 23.7 Å². The van der Waals surface area contributed by atoms with Crippen LogP contribution in [0.25, 0.3) is 0 Å². The highest BCUT2D eigenvalue weighted by molar-refractivity contribution is 7.99. The highest BCUT2D eigenvalue weighted by Gasteiger charge is 2.49. The van der Waals surface area contributed by atoms with Crippen LogP contribution in [0.5, 0.6) is 5.75 Å². The molecule has 1 aromatic carbocycles. The summed E-state index contributed by atoms with van der Waals surface area (Å²) in [6, 6.07) is 6.83. The van der Waals surface area contributed by atoms with Crippen LogP contribution in [0.1, 0.15) is 11.1 Å². The standard InChI is InChI=1S/C17H17F3N2O2S/c18-17(19,20)15-13(7-12-3-1-2-4-14(12)24-15)10-25-16-21-8-11(5-6-23)9-22-16/h1-4,8-9,13,15,23H,5-7,10H2/t13-,15+/m0/s1. The Morgan fingerprint density at radius 2 is 1.92 bits per heavy atom. The van der Waals surface area contributed by atoms with Gasteiger partial charge in [0.1, 0.15) is 5.75 Å². The molecule has 2 heterocycles. The molecule has 0 saturated heterocycles. The van der Waals surface area contributed by atoms with Crippen LogP contribution in [-0.2, 0) is 12.8 Å². The minimum Gasteiger partial charge on any atom is -0.480 e. The molecule has 134 valence electrons. The predicted octanol–water partition coefficient (Wildman–Crippen LogP) is 3.29. The maximum atomic E-state index is 13.4. The van der Waals surface area contributed by atoms with Crippen LogP contribution in [0, 0.1) is 5.92 Å². The number of thioether (sulfide) groups is 1. The highest BCUT2D eigenvalue weighted by Crippen LogP contribution is 2.39. The summed E-state index contributed by atoms with van der Waals surface area (Å²) in [5, 5.41) is 9.28. The zero-order chi connectivity index (χ0) is 17.9. The second kappa shape index (κ2) is 7.61. The van der Waals surface area contributed by atoms with E-state index in [1.54, 1.807) is 36.7 Å². The van der Waals surface area contributed by atoms with Crippen molar-refractivity contribution in [1.82, 2.24) is 9.97 Å². The van der Waals surface area contributed by atoms with E-state index >= 15 is 0 Å². The fourth-order valence-corrected chi connectivity index (χ4v) is 3.66. The van der Waals surface area contributed by atoms with Crippen molar-refractivity contribution in [2.24, 2.45) is 5.92 Å². The van der Waals surface area contributed by atoms with Gasteiger partial charge in [0.25, 0.3) is 0 Å². The van der Waals surface area contributed by atoms with Gasteiger partial charge in [0.15, 0.2) is 11.3 Å². The third kappa shape index (κ3) is 4.43. The average molecular weight is 370 g/mol. The molecule has 0 fully saturated rings. The van der Waals surface area contributed by atoms with Gasteiger partial charge in [-0.05, 0) is 30.0 Å². The van der Waals surface area contributed by atoms with E-state index in [4.69, 9.17) is 9.84 Å². The predicted molar refractivity (Wildman–Crippen MR) is 87.7 cm³/mol. The van der Waals surface area contributed by atoms with Crippen molar-refractivity contribution < 1.29 is 23.0 Å². The number of fused-ring (bicyclic) bond motifs is 1. The van der Waals surface area contributed by atoms with Gasteiger partial charge in [0, 0.05) is 30.7 Å². The minimum absolute atomic E-state index is 0.00192. The lowest BCUT2D eigenvalue weighted by atomic mass is 9.92. The Hall–Kier alpha value is -1.80. The number of rotatable bonds is 5. The van der Waals surface area contributed by atoms with Gasteiger partial charge in [-0.3, -0.25) is 0 Å². The number of halogens is 3. The Labute approximate surface area is 147 Å². The fraction of sp³-hybridized carbons (Fsp3) is 0.412. The molecule has 0 saturated carbocycles. The number of para-hydroxylation sites is 1. The first-order valence-corrected chi connectivity index (χ1v) is 8.82. The first kappa shape index (κ1) is 18.0. The van der Waals surface area contributed by atoms with Crippen LogP contribution in [0.2, 0.25) is 0 Å². The van der Waals surface area contributed by atoms with E-state index in [2.05, 4.69) is 9.97 Å². The number of aromatic nitrogens is 2. The molecular formula is C17H17F3N2O2S. The fourth-order valence-electron chi connectivity index (χ4n) is 2.75. The Balaban J connectivity index is 1.71. The maximum Gasteiger partial charge on any atom is 0.425 e. The van der Waals surface area contributed by atoms with Crippen molar-refractivity contribution >= 4 is 11.8 Å². The monoisotopic (exact) mass is 370 g/mol. The molecule has 4 nitrogen and oxygen atoms in total. The van der Waals surface area contributed by atoms with Crippen LogP contribution in [0.3, 0.4) is 0 Å². The third-order valence-corrected chi connectivity index (χ3v) is 5.03. The molecule has 1 aromatic heterocycles. The van der Waals surface area contributed by atoms with Gasteiger partial charge in [-0.25, -0.2) is 9.97 Å². The van der Waals surface area contributed by atoms with Gasteiger partial charge in [0.2, 0.25) is 0 Å². The summed E-state index contributed by atoms with van der Waals surface area (Å²) >= 11 is 1.18. The molecule has 1 aliphatic heterocycles. The van der Waals surface area contributed by atoms with Gasteiger partial charge < -0.3 is 9.84 Å².